The van der Waals surface area contributed by atoms with Gasteiger partial charge < -0.3 is 33.6 Å². The van der Waals surface area contributed by atoms with Crippen LogP contribution < -0.4 is 5.32 Å². The molecule has 1 atom stereocenters. The predicted octanol–water partition coefficient (Wildman–Crippen LogP) is 3.59. The lowest BCUT2D eigenvalue weighted by Crippen LogP contribution is -2.57. The summed E-state index contributed by atoms with van der Waals surface area (Å²) in [6.07, 6.45) is 0.850. The third-order valence-corrected chi connectivity index (χ3v) is 8.77. The molecule has 14 heteroatoms. The Kier molecular flexibility index (Phi) is 14.4. The maximum atomic E-state index is 13.8. The Morgan fingerprint density at radius 2 is 1.67 bits per heavy atom. The van der Waals surface area contributed by atoms with E-state index >= 15 is 0 Å². The summed E-state index contributed by atoms with van der Waals surface area (Å²) >= 11 is 0. The number of hydrogen-bond acceptors (Lipinski definition) is 10. The van der Waals surface area contributed by atoms with Gasteiger partial charge in [-0.1, -0.05) is 49.6 Å². The molecule has 1 aromatic heterocycles. The number of piperazine rings is 1. The molecular weight excluding hydrogens is 601 g/mol. The first-order chi connectivity index (χ1) is 21.7. The van der Waals surface area contributed by atoms with Gasteiger partial charge in [0.05, 0.1) is 26.0 Å². The Labute approximate surface area is 264 Å². The van der Waals surface area contributed by atoms with Crippen molar-refractivity contribution in [2.24, 2.45) is 0 Å². The van der Waals surface area contributed by atoms with Crippen molar-refractivity contribution in [3.05, 3.63) is 47.8 Å². The van der Waals surface area contributed by atoms with Crippen LogP contribution in [0.3, 0.4) is 0 Å². The van der Waals surface area contributed by atoms with Gasteiger partial charge in [0.2, 0.25) is 5.91 Å². The minimum absolute atomic E-state index is 0.0364. The van der Waals surface area contributed by atoms with Gasteiger partial charge in [0.15, 0.2) is 5.82 Å². The van der Waals surface area contributed by atoms with Gasteiger partial charge in [-0.2, -0.15) is 0 Å². The fraction of sp³-hybridized carbons (Fsp3) is 0.516. The molecule has 0 aliphatic carbocycles. The zero-order valence-corrected chi connectivity index (χ0v) is 27.2. The Balaban J connectivity index is 1.87. The van der Waals surface area contributed by atoms with Crippen molar-refractivity contribution in [2.75, 3.05) is 65.9 Å². The van der Waals surface area contributed by atoms with E-state index in [0.717, 1.165) is 12.8 Å². The number of nitrogens with zero attached hydrogens (tertiary/aromatic N) is 4. The van der Waals surface area contributed by atoms with Gasteiger partial charge in [0, 0.05) is 44.9 Å². The fourth-order valence-corrected chi connectivity index (χ4v) is 6.21. The number of methoxy groups -OCH3 is 1. The van der Waals surface area contributed by atoms with Gasteiger partial charge in [-0.15, -0.1) is 0 Å². The van der Waals surface area contributed by atoms with E-state index in [2.05, 4.69) is 27.1 Å². The molecule has 2 aromatic rings. The Bertz CT molecular complexity index is 1380. The van der Waals surface area contributed by atoms with Gasteiger partial charge in [0.1, 0.15) is 24.0 Å². The third-order valence-electron chi connectivity index (χ3n) is 6.66. The Hall–Kier alpha value is -3.82. The van der Waals surface area contributed by atoms with Crippen LogP contribution in [0.5, 0.6) is 0 Å². The number of nitrogens with one attached hydrogen (secondary N) is 1. The topological polar surface area (TPSA) is 149 Å². The Morgan fingerprint density at radius 3 is 2.29 bits per heavy atom. The quantitative estimate of drug-likeness (QED) is 0.184. The van der Waals surface area contributed by atoms with Gasteiger partial charge in [0.25, 0.3) is 5.91 Å². The molecule has 1 aliphatic heterocycles. The number of rotatable bonds is 14. The summed E-state index contributed by atoms with van der Waals surface area (Å²) in [5.74, 6) is 4.78. The number of aromatic nitrogens is 2. The molecular formula is C31H42N5O8P. The average Bonchev–Trinajstić information content (AvgIpc) is 3.05. The molecule has 1 fully saturated rings. The summed E-state index contributed by atoms with van der Waals surface area (Å²) in [6, 6.07) is 9.23. The molecule has 1 aliphatic rings. The van der Waals surface area contributed by atoms with E-state index in [1.807, 2.05) is 25.1 Å². The summed E-state index contributed by atoms with van der Waals surface area (Å²) in [6.45, 7) is 6.91. The van der Waals surface area contributed by atoms with Gasteiger partial charge in [-0.05, 0) is 26.2 Å². The molecule has 1 saturated heterocycles. The first kappa shape index (κ1) is 35.7. The average molecular weight is 644 g/mol. The van der Waals surface area contributed by atoms with E-state index in [4.69, 9.17) is 18.5 Å². The summed E-state index contributed by atoms with van der Waals surface area (Å²) in [5, 5.41) is 2.71. The molecule has 1 aromatic carbocycles. The molecule has 45 heavy (non-hydrogen) atoms. The van der Waals surface area contributed by atoms with Crippen LogP contribution in [-0.4, -0.2) is 110 Å². The minimum Gasteiger partial charge on any atom is -0.449 e. The predicted molar refractivity (Wildman–Crippen MR) is 168 cm³/mol. The zero-order chi connectivity index (χ0) is 32.7. The van der Waals surface area contributed by atoms with E-state index in [0.29, 0.717) is 12.2 Å². The van der Waals surface area contributed by atoms with E-state index in [1.165, 1.54) is 23.0 Å². The number of benzene rings is 1. The first-order valence-electron chi connectivity index (χ1n) is 15.0. The molecule has 2 heterocycles. The van der Waals surface area contributed by atoms with Crippen molar-refractivity contribution in [1.82, 2.24) is 25.1 Å². The number of unbranched alkanes of at least 4 members (excludes halogenated alkanes) is 1. The highest BCUT2D eigenvalue weighted by atomic mass is 31.2. The number of ether oxygens (including phenoxy) is 2. The summed E-state index contributed by atoms with van der Waals surface area (Å²) < 4.78 is 34.8. The van der Waals surface area contributed by atoms with Crippen molar-refractivity contribution in [1.29, 1.82) is 0 Å². The Morgan fingerprint density at radius 1 is 1.00 bits per heavy atom. The van der Waals surface area contributed by atoms with E-state index in [-0.39, 0.29) is 63.2 Å². The number of hydrogen-bond donors (Lipinski definition) is 1. The lowest BCUT2D eigenvalue weighted by molar-refractivity contribution is -0.134. The third kappa shape index (κ3) is 10.9. The minimum atomic E-state index is -3.77. The fourth-order valence-electron chi connectivity index (χ4n) is 4.44. The number of amides is 3. The molecule has 0 saturated carbocycles. The summed E-state index contributed by atoms with van der Waals surface area (Å²) in [5.41, 5.74) is 0.911. The highest BCUT2D eigenvalue weighted by Crippen LogP contribution is 2.48. The second kappa shape index (κ2) is 18.2. The molecule has 0 bridgehead atoms. The van der Waals surface area contributed by atoms with Crippen molar-refractivity contribution >= 4 is 25.5 Å². The largest absolute Gasteiger partial charge is 0.449 e. The number of carbonyl (C=O) groups excluding carboxylic acids is 3. The second-order valence-electron chi connectivity index (χ2n) is 10.00. The molecule has 1 unspecified atom stereocenters. The highest BCUT2D eigenvalue weighted by Gasteiger charge is 2.37. The lowest BCUT2D eigenvalue weighted by atomic mass is 10.2. The molecule has 3 amide bonds. The summed E-state index contributed by atoms with van der Waals surface area (Å²) in [4.78, 5) is 51.9. The van der Waals surface area contributed by atoms with Crippen LogP contribution >= 0.6 is 7.60 Å². The maximum Gasteiger partial charge on any atom is 0.409 e. The second-order valence-corrected chi connectivity index (χ2v) is 12.1. The normalized spacial score (nSPS) is 13.9. The van der Waals surface area contributed by atoms with Crippen LogP contribution in [0.25, 0.3) is 11.4 Å². The van der Waals surface area contributed by atoms with E-state index < -0.39 is 37.7 Å². The van der Waals surface area contributed by atoms with E-state index in [1.54, 1.807) is 26.0 Å². The molecule has 1 N–H and O–H groups in total. The van der Waals surface area contributed by atoms with Crippen molar-refractivity contribution in [2.45, 2.75) is 39.7 Å². The van der Waals surface area contributed by atoms with Crippen molar-refractivity contribution < 1.29 is 37.5 Å². The van der Waals surface area contributed by atoms with Crippen molar-refractivity contribution in [3.63, 3.8) is 0 Å². The highest BCUT2D eigenvalue weighted by molar-refractivity contribution is 7.54. The van der Waals surface area contributed by atoms with Crippen LogP contribution in [0.4, 0.5) is 4.79 Å². The lowest BCUT2D eigenvalue weighted by Gasteiger charge is -2.36. The smallest absolute Gasteiger partial charge is 0.409 e. The van der Waals surface area contributed by atoms with Gasteiger partial charge in [-0.25, -0.2) is 14.8 Å². The monoisotopic (exact) mass is 643 g/mol. The first-order valence-corrected chi connectivity index (χ1v) is 16.8. The molecule has 244 valence electrons. The number of carbonyl (C=O) groups is 3. The molecule has 0 radical (unpaired) electrons. The SMILES string of the molecule is CCCCOC(=O)N1CCN(C(=O)C(CP(=O)(OCC)OCC)NC(=O)c2cc(C#CCOC)nc(-c3ccccc3)n2)CC1. The standard InChI is InChI=1S/C31H42N5O8P/c1-5-8-21-42-31(39)36-18-16-35(17-19-36)30(38)27(23-45(40,43-6-2)44-7-3)34-29(37)26-22-25(15-12-20-41-4)32-28(33-26)24-13-10-9-11-14-24/h9-11,13-14,22,27H,5-8,16-21,23H2,1-4H3,(H,34,37). The molecule has 0 spiro atoms. The van der Waals surface area contributed by atoms with Gasteiger partial charge in [-0.3, -0.25) is 14.2 Å². The van der Waals surface area contributed by atoms with Crippen molar-refractivity contribution in [3.8, 4) is 23.2 Å². The molecule has 3 rings (SSSR count). The van der Waals surface area contributed by atoms with Crippen LogP contribution in [-0.2, 0) is 27.9 Å². The van der Waals surface area contributed by atoms with Crippen LogP contribution in [0, 0.1) is 11.8 Å². The van der Waals surface area contributed by atoms with Crippen LogP contribution in [0.15, 0.2) is 36.4 Å². The zero-order valence-electron chi connectivity index (χ0n) is 26.3. The van der Waals surface area contributed by atoms with Crippen LogP contribution in [0.2, 0.25) is 0 Å². The van der Waals surface area contributed by atoms with Gasteiger partial charge >= 0.3 is 13.7 Å². The summed E-state index contributed by atoms with van der Waals surface area (Å²) in [7, 11) is -2.26. The maximum absolute atomic E-state index is 13.8. The van der Waals surface area contributed by atoms with Crippen LogP contribution in [0.1, 0.15) is 49.8 Å². The van der Waals surface area contributed by atoms with E-state index in [9.17, 15) is 18.9 Å². The molecule has 13 nitrogen and oxygen atoms in total.